The molecule has 2 heteroatoms. The van der Waals surface area contributed by atoms with Crippen LogP contribution in [0.1, 0.15) is 12.0 Å². The van der Waals surface area contributed by atoms with Crippen molar-refractivity contribution < 1.29 is 0 Å². The summed E-state index contributed by atoms with van der Waals surface area (Å²) in [4.78, 5) is 2.20. The van der Waals surface area contributed by atoms with Crippen LogP contribution in [0, 0.1) is 6.92 Å². The molecule has 35 heavy (non-hydrogen) atoms. The number of benzene rings is 3. The second-order valence-corrected chi connectivity index (χ2v) is 8.18. The maximum absolute atomic E-state index is 3.72. The molecule has 3 aromatic rings. The highest BCUT2D eigenvalue weighted by Crippen LogP contribution is 2.27. The minimum Gasteiger partial charge on any atom is -0.356 e. The van der Waals surface area contributed by atoms with E-state index in [2.05, 4.69) is 128 Å². The van der Waals surface area contributed by atoms with E-state index in [-0.39, 0.29) is 0 Å². The lowest BCUT2D eigenvalue weighted by molar-refractivity contribution is 1.05. The summed E-state index contributed by atoms with van der Waals surface area (Å²) in [5, 5.41) is 3.24. The van der Waals surface area contributed by atoms with Gasteiger partial charge in [-0.15, -0.1) is 0 Å². The van der Waals surface area contributed by atoms with Gasteiger partial charge < -0.3 is 10.2 Å². The van der Waals surface area contributed by atoms with Crippen molar-refractivity contribution in [2.24, 2.45) is 0 Å². The first-order valence-electron chi connectivity index (χ1n) is 11.8. The highest BCUT2D eigenvalue weighted by molar-refractivity contribution is 5.69. The predicted octanol–water partition coefficient (Wildman–Crippen LogP) is 8.66. The molecular formula is C33H34N2. The average molecular weight is 459 g/mol. The molecular weight excluding hydrogens is 424 g/mol. The standard InChI is InChI=1S/C20H19N.C13H15N/c1-16-8-12-19(13-9-16)21(2)20-14-10-18(11-15-20)17-6-4-3-5-7-17;1-3-9-12(4-2)14-13-10-7-5-6-8-11-13/h3-15H,1-2H3;3-5,7-11,14H,1-2,6H2/b;12-9+. The largest absolute Gasteiger partial charge is 0.356 e. The van der Waals surface area contributed by atoms with Crippen molar-refractivity contribution >= 4 is 11.4 Å². The van der Waals surface area contributed by atoms with Crippen LogP contribution in [0.2, 0.25) is 0 Å². The number of hydrogen-bond donors (Lipinski definition) is 1. The van der Waals surface area contributed by atoms with Crippen molar-refractivity contribution in [2.45, 2.75) is 13.3 Å². The Morgan fingerprint density at radius 2 is 1.46 bits per heavy atom. The molecule has 0 atom stereocenters. The zero-order valence-corrected chi connectivity index (χ0v) is 20.7. The maximum atomic E-state index is 3.72. The van der Waals surface area contributed by atoms with E-state index in [9.17, 15) is 0 Å². The number of anilines is 2. The Morgan fingerprint density at radius 1 is 0.829 bits per heavy atom. The minimum atomic E-state index is 0.950. The Balaban J connectivity index is 0.000000214. The van der Waals surface area contributed by atoms with E-state index >= 15 is 0 Å². The van der Waals surface area contributed by atoms with E-state index in [0.717, 1.165) is 17.8 Å². The van der Waals surface area contributed by atoms with Gasteiger partial charge in [-0.2, -0.15) is 0 Å². The zero-order chi connectivity index (χ0) is 24.9. The molecule has 0 unspecified atom stereocenters. The number of nitrogens with one attached hydrogen (secondary N) is 1. The van der Waals surface area contributed by atoms with Crippen LogP contribution in [0.15, 0.2) is 152 Å². The third-order valence-electron chi connectivity index (χ3n) is 5.57. The molecule has 0 radical (unpaired) electrons. The summed E-state index contributed by atoms with van der Waals surface area (Å²) >= 11 is 0. The summed E-state index contributed by atoms with van der Waals surface area (Å²) in [6.07, 6.45) is 16.7. The van der Waals surface area contributed by atoms with E-state index in [1.54, 1.807) is 12.2 Å². The molecule has 1 N–H and O–H groups in total. The summed E-state index contributed by atoms with van der Waals surface area (Å²) in [6, 6.07) is 27.7. The van der Waals surface area contributed by atoms with Gasteiger partial charge in [-0.05, 0) is 73.0 Å². The van der Waals surface area contributed by atoms with Gasteiger partial charge in [-0.1, -0.05) is 97.6 Å². The van der Waals surface area contributed by atoms with Crippen molar-refractivity contribution in [3.05, 3.63) is 158 Å². The second kappa shape index (κ2) is 13.4. The van der Waals surface area contributed by atoms with Crippen LogP contribution in [-0.4, -0.2) is 7.05 Å². The predicted molar refractivity (Wildman–Crippen MR) is 154 cm³/mol. The van der Waals surface area contributed by atoms with Crippen LogP contribution in [0.3, 0.4) is 0 Å². The fourth-order valence-electron chi connectivity index (χ4n) is 3.54. The Morgan fingerprint density at radius 3 is 2.09 bits per heavy atom. The summed E-state index contributed by atoms with van der Waals surface area (Å²) in [7, 11) is 2.10. The molecule has 176 valence electrons. The number of nitrogens with zero attached hydrogens (tertiary/aromatic N) is 1. The summed E-state index contributed by atoms with van der Waals surface area (Å²) < 4.78 is 0. The molecule has 1 aliphatic carbocycles. The first-order valence-corrected chi connectivity index (χ1v) is 11.8. The van der Waals surface area contributed by atoms with Crippen molar-refractivity contribution in [2.75, 3.05) is 11.9 Å². The van der Waals surface area contributed by atoms with Crippen LogP contribution in [0.4, 0.5) is 11.4 Å². The van der Waals surface area contributed by atoms with Gasteiger partial charge in [0.05, 0.1) is 0 Å². The fourth-order valence-corrected chi connectivity index (χ4v) is 3.54. The molecule has 0 aromatic heterocycles. The lowest BCUT2D eigenvalue weighted by Gasteiger charge is -2.20. The molecule has 0 spiro atoms. The average Bonchev–Trinajstić information content (AvgIpc) is 3.18. The number of rotatable bonds is 7. The molecule has 0 aliphatic heterocycles. The molecule has 0 saturated heterocycles. The maximum Gasteiger partial charge on any atom is 0.0408 e. The highest BCUT2D eigenvalue weighted by Gasteiger charge is 2.04. The molecule has 0 saturated carbocycles. The molecule has 0 heterocycles. The lowest BCUT2D eigenvalue weighted by Crippen LogP contribution is -2.08. The van der Waals surface area contributed by atoms with Gasteiger partial charge >= 0.3 is 0 Å². The highest BCUT2D eigenvalue weighted by atomic mass is 15.1. The topological polar surface area (TPSA) is 15.3 Å². The third-order valence-corrected chi connectivity index (χ3v) is 5.57. The molecule has 3 aromatic carbocycles. The molecule has 0 amide bonds. The second-order valence-electron chi connectivity index (χ2n) is 8.18. The molecule has 0 fully saturated rings. The first-order chi connectivity index (χ1) is 17.1. The summed E-state index contributed by atoms with van der Waals surface area (Å²) in [6.45, 7) is 9.47. The van der Waals surface area contributed by atoms with Gasteiger partial charge in [0.15, 0.2) is 0 Å². The van der Waals surface area contributed by atoms with Gasteiger partial charge in [0.2, 0.25) is 0 Å². The fraction of sp³-hybridized carbons (Fsp3) is 0.0909. The Hall–Kier alpha value is -4.30. The minimum absolute atomic E-state index is 0.950. The van der Waals surface area contributed by atoms with Crippen molar-refractivity contribution in [3.63, 3.8) is 0 Å². The Kier molecular flexibility index (Phi) is 9.71. The van der Waals surface area contributed by atoms with Gasteiger partial charge in [0.1, 0.15) is 0 Å². The normalized spacial score (nSPS) is 12.5. The van der Waals surface area contributed by atoms with Crippen LogP contribution < -0.4 is 10.2 Å². The monoisotopic (exact) mass is 458 g/mol. The molecule has 2 nitrogen and oxygen atoms in total. The van der Waals surface area contributed by atoms with E-state index in [1.165, 1.54) is 28.1 Å². The quantitative estimate of drug-likeness (QED) is 0.356. The summed E-state index contributed by atoms with van der Waals surface area (Å²) in [5.41, 5.74) is 8.19. The Bertz CT molecular complexity index is 1210. The van der Waals surface area contributed by atoms with Gasteiger partial charge in [0, 0.05) is 29.8 Å². The van der Waals surface area contributed by atoms with Crippen molar-refractivity contribution in [1.29, 1.82) is 0 Å². The number of hydrogen-bond acceptors (Lipinski definition) is 2. The third kappa shape index (κ3) is 7.90. The molecule has 1 aliphatic rings. The lowest BCUT2D eigenvalue weighted by atomic mass is 10.1. The van der Waals surface area contributed by atoms with Gasteiger partial charge in [-0.3, -0.25) is 0 Å². The van der Waals surface area contributed by atoms with E-state index in [0.29, 0.717) is 0 Å². The van der Waals surface area contributed by atoms with Crippen LogP contribution in [0.5, 0.6) is 0 Å². The van der Waals surface area contributed by atoms with E-state index in [1.807, 2.05) is 24.3 Å². The number of allylic oxidation sites excluding steroid dienone is 8. The van der Waals surface area contributed by atoms with Crippen molar-refractivity contribution in [1.82, 2.24) is 5.32 Å². The van der Waals surface area contributed by atoms with Gasteiger partial charge in [0.25, 0.3) is 0 Å². The van der Waals surface area contributed by atoms with Crippen molar-refractivity contribution in [3.8, 4) is 11.1 Å². The number of aryl methyl sites for hydroxylation is 1. The summed E-state index contributed by atoms with van der Waals surface area (Å²) in [5.74, 6) is 0. The molecule has 4 rings (SSSR count). The first kappa shape index (κ1) is 25.3. The van der Waals surface area contributed by atoms with Crippen LogP contribution >= 0.6 is 0 Å². The van der Waals surface area contributed by atoms with Gasteiger partial charge in [-0.25, -0.2) is 0 Å². The SMILES string of the molecule is C=C/C=C(\C=C)NC1=CC=CCC=C1.Cc1ccc(N(C)c2ccc(-c3ccccc3)cc2)cc1. The van der Waals surface area contributed by atoms with E-state index < -0.39 is 0 Å². The Labute approximate surface area is 210 Å². The zero-order valence-electron chi connectivity index (χ0n) is 20.7. The van der Waals surface area contributed by atoms with Crippen LogP contribution in [0.25, 0.3) is 11.1 Å². The van der Waals surface area contributed by atoms with E-state index in [4.69, 9.17) is 0 Å². The molecule has 0 bridgehead atoms. The van der Waals surface area contributed by atoms with Crippen LogP contribution in [-0.2, 0) is 0 Å². The smallest absolute Gasteiger partial charge is 0.0408 e.